The van der Waals surface area contributed by atoms with Crippen LogP contribution in [-0.4, -0.2) is 83.4 Å². The van der Waals surface area contributed by atoms with Crippen molar-refractivity contribution in [3.05, 3.63) is 105 Å². The number of anilines is 1. The van der Waals surface area contributed by atoms with Crippen molar-refractivity contribution in [1.29, 1.82) is 0 Å². The van der Waals surface area contributed by atoms with Crippen molar-refractivity contribution < 1.29 is 29.3 Å². The summed E-state index contributed by atoms with van der Waals surface area (Å²) in [6, 6.07) is 18.1. The molecule has 2 aliphatic heterocycles. The maximum absolute atomic E-state index is 13.4. The Kier molecular flexibility index (Phi) is 11.9. The van der Waals surface area contributed by atoms with E-state index in [2.05, 4.69) is 82.5 Å². The molecule has 4 aromatic rings. The van der Waals surface area contributed by atoms with Crippen molar-refractivity contribution in [2.24, 2.45) is 5.92 Å². The molecule has 2 fully saturated rings. The fourth-order valence-electron chi connectivity index (χ4n) is 7.49. The van der Waals surface area contributed by atoms with Crippen molar-refractivity contribution in [3.8, 4) is 22.6 Å². The highest BCUT2D eigenvalue weighted by molar-refractivity contribution is 6.04. The van der Waals surface area contributed by atoms with Gasteiger partial charge in [-0.15, -0.1) is 0 Å². The van der Waals surface area contributed by atoms with E-state index >= 15 is 0 Å². The molecule has 53 heavy (non-hydrogen) atoms. The number of rotatable bonds is 12. The molecule has 0 aliphatic carbocycles. The van der Waals surface area contributed by atoms with Crippen LogP contribution >= 0.6 is 0 Å². The average Bonchev–Trinajstić information content (AvgIpc) is 3.57. The minimum absolute atomic E-state index is 0.252. The number of methoxy groups -OCH3 is 2. The molecule has 1 atom stereocenters. The highest BCUT2D eigenvalue weighted by Gasteiger charge is 2.25. The number of aryl methyl sites for hydroxylation is 1. The number of amides is 1. The van der Waals surface area contributed by atoms with Gasteiger partial charge in [0.15, 0.2) is 0 Å². The molecular weight excluding hydrogens is 668 g/mol. The molecule has 278 valence electrons. The molecule has 0 spiro atoms. The van der Waals surface area contributed by atoms with E-state index in [4.69, 9.17) is 9.47 Å². The van der Waals surface area contributed by atoms with E-state index in [1.54, 1.807) is 26.5 Å². The number of ether oxygens (including phenoxy) is 2. The van der Waals surface area contributed by atoms with Crippen molar-refractivity contribution >= 4 is 29.7 Å². The lowest BCUT2D eigenvalue weighted by Crippen LogP contribution is -2.35. The molecule has 3 N–H and O–H groups in total. The summed E-state index contributed by atoms with van der Waals surface area (Å²) in [4.78, 5) is 33.7. The molecule has 3 heterocycles. The number of carboxylic acids is 1. The molecule has 0 saturated carbocycles. The molecule has 0 bridgehead atoms. The maximum atomic E-state index is 13.4. The smallest absolute Gasteiger partial charge is 0.306 e. The second-order valence-corrected chi connectivity index (χ2v) is 14.3. The summed E-state index contributed by atoms with van der Waals surface area (Å²) in [5.74, 6) is 0.146. The van der Waals surface area contributed by atoms with Gasteiger partial charge in [0.05, 0.1) is 26.2 Å². The van der Waals surface area contributed by atoms with Crippen LogP contribution in [0.25, 0.3) is 23.3 Å². The Hall–Kier alpha value is -5.03. The summed E-state index contributed by atoms with van der Waals surface area (Å²) < 4.78 is 11.4. The number of carbonyl (C=O) groups excluding carboxylic acids is 1. The number of carbonyl (C=O) groups is 2. The second kappa shape index (κ2) is 16.8. The Bertz CT molecular complexity index is 2000. The van der Waals surface area contributed by atoms with Crippen LogP contribution in [0.5, 0.6) is 11.5 Å². The fraction of sp³-hybridized carbons (Fsp3) is 0.372. The molecule has 6 rings (SSSR count). The Morgan fingerprint density at radius 2 is 1.47 bits per heavy atom. The molecule has 3 aromatic carbocycles. The lowest BCUT2D eigenvalue weighted by atomic mass is 9.92. The zero-order valence-corrected chi connectivity index (χ0v) is 31.3. The third kappa shape index (κ3) is 8.79. The highest BCUT2D eigenvalue weighted by Crippen LogP contribution is 2.34. The number of β-amino-alcohol motifs (C(OH)–C–C–N with tert-alkyl or cyclic N) is 1. The van der Waals surface area contributed by atoms with Crippen LogP contribution in [0.2, 0.25) is 0 Å². The summed E-state index contributed by atoms with van der Waals surface area (Å²) in [6.07, 6.45) is 7.72. The first kappa shape index (κ1) is 37.7. The number of pyridine rings is 1. The summed E-state index contributed by atoms with van der Waals surface area (Å²) in [5, 5.41) is 22.3. The Balaban J connectivity index is 1.17. The van der Waals surface area contributed by atoms with Crippen molar-refractivity contribution in [3.63, 3.8) is 0 Å². The molecule has 10 heteroatoms. The van der Waals surface area contributed by atoms with Gasteiger partial charge in [0, 0.05) is 55.3 Å². The number of nitrogens with zero attached hydrogens (tertiary/aromatic N) is 3. The molecule has 1 amide bonds. The van der Waals surface area contributed by atoms with Crippen LogP contribution in [0, 0.1) is 26.7 Å². The van der Waals surface area contributed by atoms with Gasteiger partial charge in [-0.2, -0.15) is 0 Å². The Morgan fingerprint density at radius 1 is 0.830 bits per heavy atom. The quantitative estimate of drug-likeness (QED) is 0.133. The normalized spacial score (nSPS) is 17.0. The van der Waals surface area contributed by atoms with E-state index in [9.17, 15) is 19.8 Å². The van der Waals surface area contributed by atoms with Crippen LogP contribution in [0.15, 0.2) is 60.8 Å². The first-order valence-electron chi connectivity index (χ1n) is 18.3. The molecule has 0 radical (unpaired) electrons. The summed E-state index contributed by atoms with van der Waals surface area (Å²) in [7, 11) is 3.28. The third-order valence-corrected chi connectivity index (χ3v) is 10.7. The van der Waals surface area contributed by atoms with Crippen LogP contribution in [0.3, 0.4) is 0 Å². The lowest BCUT2D eigenvalue weighted by molar-refractivity contribution is -0.143. The van der Waals surface area contributed by atoms with Gasteiger partial charge in [0.25, 0.3) is 5.91 Å². The molecular formula is C43H50N4O6. The van der Waals surface area contributed by atoms with Gasteiger partial charge in [0.2, 0.25) is 0 Å². The fourth-order valence-corrected chi connectivity index (χ4v) is 7.49. The number of hydrogen-bond donors (Lipinski definition) is 3. The van der Waals surface area contributed by atoms with Gasteiger partial charge in [-0.25, -0.2) is 0 Å². The highest BCUT2D eigenvalue weighted by atomic mass is 16.5. The van der Waals surface area contributed by atoms with Crippen LogP contribution in [0.4, 0.5) is 5.69 Å². The first-order valence-corrected chi connectivity index (χ1v) is 18.3. The number of nitrogens with one attached hydrogen (secondary N) is 1. The number of likely N-dealkylation sites (tertiary alicyclic amines) is 2. The summed E-state index contributed by atoms with van der Waals surface area (Å²) in [5.41, 5.74) is 10.4. The molecule has 10 nitrogen and oxygen atoms in total. The summed E-state index contributed by atoms with van der Waals surface area (Å²) >= 11 is 0. The zero-order valence-electron chi connectivity index (χ0n) is 31.3. The number of carboxylic acid groups (broad SMARTS) is 1. The van der Waals surface area contributed by atoms with Gasteiger partial charge in [-0.05, 0) is 104 Å². The first-order chi connectivity index (χ1) is 25.5. The Labute approximate surface area is 312 Å². The van der Waals surface area contributed by atoms with Crippen LogP contribution < -0.4 is 14.8 Å². The van der Waals surface area contributed by atoms with Gasteiger partial charge in [-0.3, -0.25) is 24.4 Å². The largest absolute Gasteiger partial charge is 0.496 e. The SMILES string of the molecule is COc1cc(/C=C/c2cccc(-c3cccc(NC(=O)c4cc(OC)c(CN5CC[C@@H](O)C5)cn4)c3C)c2C)c(C)cc1CN1CCC(C(=O)O)CC1. The summed E-state index contributed by atoms with van der Waals surface area (Å²) in [6.45, 7) is 10.5. The number of piperidine rings is 1. The van der Waals surface area contributed by atoms with Crippen LogP contribution in [-0.2, 0) is 17.9 Å². The molecule has 1 aromatic heterocycles. The average molecular weight is 719 g/mol. The van der Waals surface area contributed by atoms with E-state index in [1.807, 2.05) is 19.1 Å². The van der Waals surface area contributed by atoms with Gasteiger partial charge < -0.3 is 25.0 Å². The number of aliphatic carboxylic acids is 1. The minimum Gasteiger partial charge on any atom is -0.496 e. The standard InChI is InChI=1S/C43H50N4O6/c1-27-20-33(24-46-17-14-31(15-18-46)43(50)51)40(52-4)21-32(27)13-12-30-8-6-9-36(28(30)2)37-10-7-11-38(29(37)3)45-42(49)39-22-41(53-5)34(23-44-39)25-47-19-16-35(48)26-47/h6-13,20-23,31,35,48H,14-19,24-26H2,1-5H3,(H,45,49)(H,50,51)/b13-12+/t35-/m1/s1. The van der Waals surface area contributed by atoms with Crippen molar-refractivity contribution in [1.82, 2.24) is 14.8 Å². The minimum atomic E-state index is -0.698. The van der Waals surface area contributed by atoms with Gasteiger partial charge in [0.1, 0.15) is 17.2 Å². The van der Waals surface area contributed by atoms with Gasteiger partial charge >= 0.3 is 5.97 Å². The van der Waals surface area contributed by atoms with Crippen molar-refractivity contribution in [2.45, 2.75) is 59.2 Å². The third-order valence-electron chi connectivity index (χ3n) is 10.7. The lowest BCUT2D eigenvalue weighted by Gasteiger charge is -2.30. The maximum Gasteiger partial charge on any atom is 0.306 e. The number of aromatic nitrogens is 1. The number of benzene rings is 3. The van der Waals surface area contributed by atoms with E-state index in [-0.39, 0.29) is 23.6 Å². The van der Waals surface area contributed by atoms with E-state index < -0.39 is 5.97 Å². The van der Waals surface area contributed by atoms with Crippen LogP contribution in [0.1, 0.15) is 68.7 Å². The topological polar surface area (TPSA) is 124 Å². The number of hydrogen-bond acceptors (Lipinski definition) is 8. The van der Waals surface area contributed by atoms with Gasteiger partial charge in [-0.1, -0.05) is 48.6 Å². The monoisotopic (exact) mass is 718 g/mol. The number of aliphatic hydroxyl groups is 1. The second-order valence-electron chi connectivity index (χ2n) is 14.3. The molecule has 2 saturated heterocycles. The predicted molar refractivity (Wildman–Crippen MR) is 208 cm³/mol. The number of aliphatic hydroxyl groups excluding tert-OH is 1. The van der Waals surface area contributed by atoms with Crippen molar-refractivity contribution in [2.75, 3.05) is 45.7 Å². The Morgan fingerprint density at radius 3 is 2.15 bits per heavy atom. The van der Waals surface area contributed by atoms with E-state index in [0.717, 1.165) is 88.4 Å². The molecule has 0 unspecified atom stereocenters. The van der Waals surface area contributed by atoms with E-state index in [0.29, 0.717) is 37.4 Å². The molecule has 2 aliphatic rings. The zero-order chi connectivity index (χ0) is 37.6. The van der Waals surface area contributed by atoms with E-state index in [1.165, 1.54) is 0 Å². The predicted octanol–water partition coefficient (Wildman–Crippen LogP) is 6.98.